The quantitative estimate of drug-likeness (QED) is 0.613. The first-order valence-electron chi connectivity index (χ1n) is 7.20. The Balaban J connectivity index is 2.20. The highest BCUT2D eigenvalue weighted by molar-refractivity contribution is 5.96. The lowest BCUT2D eigenvalue weighted by Gasteiger charge is -2.22. The van der Waals surface area contributed by atoms with Crippen LogP contribution < -0.4 is 0 Å². The molecule has 0 saturated carbocycles. The Labute approximate surface area is 128 Å². The van der Waals surface area contributed by atoms with Crippen LogP contribution in [-0.2, 0) is 4.79 Å². The van der Waals surface area contributed by atoms with Gasteiger partial charge in [0.15, 0.2) is 0 Å². The molecule has 0 atom stereocenters. The smallest absolute Gasteiger partial charge is 0.273 e. The second kappa shape index (κ2) is 6.55. The van der Waals surface area contributed by atoms with Crippen molar-refractivity contribution in [2.45, 2.75) is 20.3 Å². The highest BCUT2D eigenvalue weighted by atomic mass is 16.6. The second-order valence-corrected chi connectivity index (χ2v) is 5.36. The van der Waals surface area contributed by atoms with Crippen LogP contribution >= 0.6 is 0 Å². The summed E-state index contributed by atoms with van der Waals surface area (Å²) in [5, 5.41) is 11.0. The van der Waals surface area contributed by atoms with Gasteiger partial charge in [-0.15, -0.1) is 0 Å². The third-order valence-corrected chi connectivity index (χ3v) is 3.96. The molecule has 1 aliphatic heterocycles. The first-order chi connectivity index (χ1) is 10.4. The predicted octanol–water partition coefficient (Wildman–Crippen LogP) is 1.60. The molecule has 1 fully saturated rings. The first-order valence-corrected chi connectivity index (χ1v) is 7.20. The average molecular weight is 305 g/mol. The van der Waals surface area contributed by atoms with E-state index in [1.165, 1.54) is 19.1 Å². The largest absolute Gasteiger partial charge is 0.341 e. The lowest BCUT2D eigenvalue weighted by molar-refractivity contribution is -0.385. The van der Waals surface area contributed by atoms with Gasteiger partial charge in [0.05, 0.1) is 4.92 Å². The second-order valence-electron chi connectivity index (χ2n) is 5.36. The van der Waals surface area contributed by atoms with Crippen molar-refractivity contribution in [3.63, 3.8) is 0 Å². The van der Waals surface area contributed by atoms with E-state index in [0.29, 0.717) is 43.7 Å². The predicted molar refractivity (Wildman–Crippen MR) is 80.6 cm³/mol. The summed E-state index contributed by atoms with van der Waals surface area (Å²) in [6.07, 6.45) is 0.708. The van der Waals surface area contributed by atoms with Crippen molar-refractivity contribution in [1.82, 2.24) is 9.80 Å². The molecule has 1 aromatic rings. The number of carbonyl (C=O) groups excluding carboxylic acids is 2. The van der Waals surface area contributed by atoms with Crippen molar-refractivity contribution < 1.29 is 14.5 Å². The van der Waals surface area contributed by atoms with Crippen molar-refractivity contribution >= 4 is 17.5 Å². The SMILES string of the molecule is CC(=O)N1CCCN(C(=O)c2cccc([N+](=O)[O-])c2C)CC1. The lowest BCUT2D eigenvalue weighted by Crippen LogP contribution is -2.36. The molecule has 0 aromatic heterocycles. The number of nitrogens with zero attached hydrogens (tertiary/aromatic N) is 3. The Morgan fingerprint density at radius 1 is 1.14 bits per heavy atom. The highest BCUT2D eigenvalue weighted by Gasteiger charge is 2.24. The maximum Gasteiger partial charge on any atom is 0.273 e. The van der Waals surface area contributed by atoms with E-state index in [9.17, 15) is 19.7 Å². The minimum atomic E-state index is -0.480. The summed E-state index contributed by atoms with van der Waals surface area (Å²) in [6.45, 7) is 5.22. The molecular formula is C15H19N3O4. The van der Waals surface area contributed by atoms with Crippen LogP contribution in [0.5, 0.6) is 0 Å². The number of carbonyl (C=O) groups is 2. The summed E-state index contributed by atoms with van der Waals surface area (Å²) in [7, 11) is 0. The molecule has 0 aliphatic carbocycles. The number of hydrogen-bond donors (Lipinski definition) is 0. The Bertz CT molecular complexity index is 615. The summed E-state index contributed by atoms with van der Waals surface area (Å²) < 4.78 is 0. The monoisotopic (exact) mass is 305 g/mol. The fourth-order valence-electron chi connectivity index (χ4n) is 2.66. The zero-order valence-corrected chi connectivity index (χ0v) is 12.7. The molecule has 0 radical (unpaired) electrons. The molecule has 1 aliphatic rings. The van der Waals surface area contributed by atoms with Gasteiger partial charge in [-0.25, -0.2) is 0 Å². The molecule has 1 aromatic carbocycles. The van der Waals surface area contributed by atoms with E-state index < -0.39 is 4.92 Å². The van der Waals surface area contributed by atoms with Crippen molar-refractivity contribution in [2.75, 3.05) is 26.2 Å². The van der Waals surface area contributed by atoms with Crippen LogP contribution in [0, 0.1) is 17.0 Å². The zero-order chi connectivity index (χ0) is 16.3. The van der Waals surface area contributed by atoms with Crippen LogP contribution in [0.3, 0.4) is 0 Å². The third-order valence-electron chi connectivity index (χ3n) is 3.96. The van der Waals surface area contributed by atoms with Gasteiger partial charge in [-0.1, -0.05) is 6.07 Å². The molecule has 118 valence electrons. The number of rotatable bonds is 2. The van der Waals surface area contributed by atoms with Crippen LogP contribution in [0.25, 0.3) is 0 Å². The molecular weight excluding hydrogens is 286 g/mol. The molecule has 0 spiro atoms. The molecule has 0 N–H and O–H groups in total. The molecule has 2 amide bonds. The fourth-order valence-corrected chi connectivity index (χ4v) is 2.66. The summed E-state index contributed by atoms with van der Waals surface area (Å²) in [5.41, 5.74) is 0.682. The van der Waals surface area contributed by atoms with Crippen LogP contribution in [0.4, 0.5) is 5.69 Å². The topological polar surface area (TPSA) is 83.8 Å². The van der Waals surface area contributed by atoms with E-state index in [2.05, 4.69) is 0 Å². The van der Waals surface area contributed by atoms with Crippen molar-refractivity contribution in [2.24, 2.45) is 0 Å². The average Bonchev–Trinajstić information content (AvgIpc) is 2.72. The van der Waals surface area contributed by atoms with Gasteiger partial charge < -0.3 is 9.80 Å². The highest BCUT2D eigenvalue weighted by Crippen LogP contribution is 2.22. The molecule has 0 bridgehead atoms. The summed E-state index contributed by atoms with van der Waals surface area (Å²) in [4.78, 5) is 37.9. The molecule has 7 nitrogen and oxygen atoms in total. The van der Waals surface area contributed by atoms with Crippen molar-refractivity contribution in [3.05, 3.63) is 39.4 Å². The minimum Gasteiger partial charge on any atom is -0.341 e. The molecule has 1 saturated heterocycles. The maximum absolute atomic E-state index is 12.6. The van der Waals surface area contributed by atoms with Crippen LogP contribution in [0.2, 0.25) is 0 Å². The number of nitro benzene ring substituents is 1. The van der Waals surface area contributed by atoms with E-state index in [-0.39, 0.29) is 17.5 Å². The Kier molecular flexibility index (Phi) is 4.75. The number of hydrogen-bond acceptors (Lipinski definition) is 4. The number of nitro groups is 1. The van der Waals surface area contributed by atoms with Gasteiger partial charge in [0.1, 0.15) is 0 Å². The Morgan fingerprint density at radius 2 is 1.77 bits per heavy atom. The van der Waals surface area contributed by atoms with Gasteiger partial charge in [0.2, 0.25) is 5.91 Å². The van der Waals surface area contributed by atoms with Crippen molar-refractivity contribution in [3.8, 4) is 0 Å². The summed E-state index contributed by atoms with van der Waals surface area (Å²) in [6, 6.07) is 4.53. The third kappa shape index (κ3) is 3.24. The fraction of sp³-hybridized carbons (Fsp3) is 0.467. The number of amides is 2. The standard InChI is InChI=1S/C15H19N3O4/c1-11-13(5-3-6-14(11)18(21)22)15(20)17-8-4-7-16(9-10-17)12(2)19/h3,5-6H,4,7-10H2,1-2H3. The molecule has 0 unspecified atom stereocenters. The number of benzene rings is 1. The normalized spacial score (nSPS) is 15.4. The lowest BCUT2D eigenvalue weighted by atomic mass is 10.1. The minimum absolute atomic E-state index is 0.000767. The van der Waals surface area contributed by atoms with E-state index in [0.717, 1.165) is 0 Å². The van der Waals surface area contributed by atoms with Gasteiger partial charge in [-0.3, -0.25) is 19.7 Å². The van der Waals surface area contributed by atoms with E-state index in [1.54, 1.807) is 22.8 Å². The van der Waals surface area contributed by atoms with Crippen LogP contribution in [0.1, 0.15) is 29.3 Å². The summed E-state index contributed by atoms with van der Waals surface area (Å²) in [5.74, 6) is -0.215. The van der Waals surface area contributed by atoms with E-state index >= 15 is 0 Å². The van der Waals surface area contributed by atoms with Crippen molar-refractivity contribution in [1.29, 1.82) is 0 Å². The Morgan fingerprint density at radius 3 is 2.41 bits per heavy atom. The van der Waals surface area contributed by atoms with E-state index in [4.69, 9.17) is 0 Å². The zero-order valence-electron chi connectivity index (χ0n) is 12.7. The van der Waals surface area contributed by atoms with Gasteiger partial charge in [0, 0.05) is 50.3 Å². The van der Waals surface area contributed by atoms with Gasteiger partial charge in [-0.2, -0.15) is 0 Å². The van der Waals surface area contributed by atoms with Gasteiger partial charge in [-0.05, 0) is 19.4 Å². The Hall–Kier alpha value is -2.44. The molecule has 1 heterocycles. The first kappa shape index (κ1) is 15.9. The molecule has 2 rings (SSSR count). The van der Waals surface area contributed by atoms with Crippen LogP contribution in [0.15, 0.2) is 18.2 Å². The molecule has 22 heavy (non-hydrogen) atoms. The van der Waals surface area contributed by atoms with Crippen LogP contribution in [-0.4, -0.2) is 52.7 Å². The van der Waals surface area contributed by atoms with E-state index in [1.807, 2.05) is 0 Å². The van der Waals surface area contributed by atoms with Gasteiger partial charge in [0.25, 0.3) is 11.6 Å². The summed E-state index contributed by atoms with van der Waals surface area (Å²) >= 11 is 0. The maximum atomic E-state index is 12.6. The van der Waals surface area contributed by atoms with Gasteiger partial charge >= 0.3 is 0 Å². The molecule has 7 heteroatoms.